The van der Waals surface area contributed by atoms with Gasteiger partial charge in [-0.15, -0.1) is 0 Å². The van der Waals surface area contributed by atoms with E-state index in [1.165, 1.54) is 31.7 Å². The number of aryl methyl sites for hydroxylation is 1. The summed E-state index contributed by atoms with van der Waals surface area (Å²) in [6.45, 7) is 4.77. The van der Waals surface area contributed by atoms with Crippen molar-refractivity contribution >= 4 is 5.78 Å². The van der Waals surface area contributed by atoms with E-state index < -0.39 is 0 Å². The van der Waals surface area contributed by atoms with Crippen LogP contribution in [0.2, 0.25) is 0 Å². The van der Waals surface area contributed by atoms with Crippen LogP contribution in [0.25, 0.3) is 0 Å². The van der Waals surface area contributed by atoms with Crippen molar-refractivity contribution in [1.29, 1.82) is 0 Å². The van der Waals surface area contributed by atoms with Crippen LogP contribution in [0.1, 0.15) is 54.9 Å². The number of hydrogen-bond donors (Lipinski definition) is 0. The van der Waals surface area contributed by atoms with Gasteiger partial charge in [0.2, 0.25) is 0 Å². The number of rotatable bonds is 5. The van der Waals surface area contributed by atoms with Crippen molar-refractivity contribution in [3.8, 4) is 0 Å². The molecule has 116 valence electrons. The topological polar surface area (TPSA) is 20.3 Å². The standard InChI is InChI=1S/C18H26FNO/c1-13-5-4-6-16(11-13)20(3)10-9-18(21)15-8-7-14(2)17(19)12-15/h7-8,12-13,16H,4-6,9-11H2,1-3H3. The second kappa shape index (κ2) is 7.17. The van der Waals surface area contributed by atoms with Gasteiger partial charge in [-0.3, -0.25) is 4.79 Å². The lowest BCUT2D eigenvalue weighted by atomic mass is 9.86. The van der Waals surface area contributed by atoms with Crippen LogP contribution in [-0.2, 0) is 0 Å². The van der Waals surface area contributed by atoms with E-state index in [0.717, 1.165) is 12.5 Å². The molecule has 2 unspecified atom stereocenters. The van der Waals surface area contributed by atoms with Gasteiger partial charge in [0.25, 0.3) is 0 Å². The number of carbonyl (C=O) groups is 1. The predicted octanol–water partition coefficient (Wildman–Crippen LogP) is 4.22. The third-order valence-electron chi connectivity index (χ3n) is 4.72. The molecule has 0 amide bonds. The molecule has 0 bridgehead atoms. The maximum absolute atomic E-state index is 13.5. The largest absolute Gasteiger partial charge is 0.303 e. The van der Waals surface area contributed by atoms with Crippen LogP contribution < -0.4 is 0 Å². The highest BCUT2D eigenvalue weighted by Gasteiger charge is 2.22. The third-order valence-corrected chi connectivity index (χ3v) is 4.72. The average Bonchev–Trinajstić information content (AvgIpc) is 2.47. The lowest BCUT2D eigenvalue weighted by molar-refractivity contribution is 0.0945. The molecular formula is C18H26FNO. The monoisotopic (exact) mass is 291 g/mol. The normalized spacial score (nSPS) is 22.5. The second-order valence-corrected chi connectivity index (χ2v) is 6.54. The summed E-state index contributed by atoms with van der Waals surface area (Å²) in [5.74, 6) is 0.521. The number of carbonyl (C=O) groups excluding carboxylic acids is 1. The van der Waals surface area contributed by atoms with Crippen molar-refractivity contribution in [2.45, 2.75) is 52.0 Å². The van der Waals surface area contributed by atoms with Gasteiger partial charge in [0.15, 0.2) is 5.78 Å². The zero-order valence-corrected chi connectivity index (χ0v) is 13.4. The lowest BCUT2D eigenvalue weighted by Gasteiger charge is -2.34. The average molecular weight is 291 g/mol. The first kappa shape index (κ1) is 16.2. The van der Waals surface area contributed by atoms with Crippen molar-refractivity contribution < 1.29 is 9.18 Å². The van der Waals surface area contributed by atoms with E-state index in [9.17, 15) is 9.18 Å². The molecule has 0 heterocycles. The highest BCUT2D eigenvalue weighted by Crippen LogP contribution is 2.26. The van der Waals surface area contributed by atoms with Gasteiger partial charge in [0.05, 0.1) is 0 Å². The molecule has 0 radical (unpaired) electrons. The van der Waals surface area contributed by atoms with E-state index in [-0.39, 0.29) is 11.6 Å². The molecule has 21 heavy (non-hydrogen) atoms. The summed E-state index contributed by atoms with van der Waals surface area (Å²) in [7, 11) is 2.10. The SMILES string of the molecule is Cc1ccc(C(=O)CCN(C)C2CCCC(C)C2)cc1F. The minimum atomic E-state index is -0.296. The number of nitrogens with zero attached hydrogens (tertiary/aromatic N) is 1. The Morgan fingerprint density at radius 2 is 2.14 bits per heavy atom. The molecule has 1 fully saturated rings. The van der Waals surface area contributed by atoms with Gasteiger partial charge in [-0.1, -0.05) is 31.9 Å². The lowest BCUT2D eigenvalue weighted by Crippen LogP contribution is -2.36. The summed E-state index contributed by atoms with van der Waals surface area (Å²) in [5.41, 5.74) is 1.07. The van der Waals surface area contributed by atoms with Crippen LogP contribution in [-0.4, -0.2) is 30.3 Å². The molecule has 2 atom stereocenters. The molecule has 0 aliphatic heterocycles. The Kier molecular flexibility index (Phi) is 5.51. The molecule has 3 heteroatoms. The van der Waals surface area contributed by atoms with E-state index in [0.29, 0.717) is 23.6 Å². The summed E-state index contributed by atoms with van der Waals surface area (Å²) in [6, 6.07) is 5.36. The van der Waals surface area contributed by atoms with Crippen molar-refractivity contribution in [3.63, 3.8) is 0 Å². The predicted molar refractivity (Wildman–Crippen MR) is 84.1 cm³/mol. The van der Waals surface area contributed by atoms with Crippen molar-refractivity contribution in [2.24, 2.45) is 5.92 Å². The van der Waals surface area contributed by atoms with E-state index in [1.807, 2.05) is 0 Å². The first-order valence-electron chi connectivity index (χ1n) is 7.97. The van der Waals surface area contributed by atoms with E-state index in [2.05, 4.69) is 18.9 Å². The van der Waals surface area contributed by atoms with Crippen LogP contribution in [0.15, 0.2) is 18.2 Å². The van der Waals surface area contributed by atoms with E-state index in [1.54, 1.807) is 19.1 Å². The zero-order valence-electron chi connectivity index (χ0n) is 13.4. The molecule has 0 aromatic heterocycles. The van der Waals surface area contributed by atoms with Gasteiger partial charge in [-0.25, -0.2) is 4.39 Å². The summed E-state index contributed by atoms with van der Waals surface area (Å²) in [4.78, 5) is 14.5. The molecule has 0 saturated heterocycles. The smallest absolute Gasteiger partial charge is 0.164 e. The Labute approximate surface area is 127 Å². The molecule has 0 N–H and O–H groups in total. The molecular weight excluding hydrogens is 265 g/mol. The number of ketones is 1. The zero-order chi connectivity index (χ0) is 15.4. The van der Waals surface area contributed by atoms with Crippen molar-refractivity contribution in [3.05, 3.63) is 35.1 Å². The van der Waals surface area contributed by atoms with E-state index >= 15 is 0 Å². The molecule has 2 nitrogen and oxygen atoms in total. The molecule has 0 spiro atoms. The molecule has 1 saturated carbocycles. The minimum Gasteiger partial charge on any atom is -0.303 e. The molecule has 1 aromatic rings. The first-order valence-corrected chi connectivity index (χ1v) is 7.97. The fourth-order valence-corrected chi connectivity index (χ4v) is 3.17. The summed E-state index contributed by atoms with van der Waals surface area (Å²) in [5, 5.41) is 0. The molecule has 2 rings (SSSR count). The number of hydrogen-bond acceptors (Lipinski definition) is 2. The van der Waals surface area contributed by atoms with Gasteiger partial charge >= 0.3 is 0 Å². The number of benzene rings is 1. The fourth-order valence-electron chi connectivity index (χ4n) is 3.17. The Bertz CT molecular complexity index is 500. The molecule has 1 aliphatic rings. The third kappa shape index (κ3) is 4.37. The summed E-state index contributed by atoms with van der Waals surface area (Å²) < 4.78 is 13.5. The van der Waals surface area contributed by atoms with Gasteiger partial charge in [-0.05, 0) is 44.4 Å². The first-order chi connectivity index (χ1) is 9.97. The van der Waals surface area contributed by atoms with E-state index in [4.69, 9.17) is 0 Å². The summed E-state index contributed by atoms with van der Waals surface area (Å²) in [6.07, 6.45) is 5.53. The number of halogens is 1. The highest BCUT2D eigenvalue weighted by atomic mass is 19.1. The quantitative estimate of drug-likeness (QED) is 0.757. The fraction of sp³-hybridized carbons (Fsp3) is 0.611. The Morgan fingerprint density at radius 3 is 2.81 bits per heavy atom. The van der Waals surface area contributed by atoms with Gasteiger partial charge in [0.1, 0.15) is 5.82 Å². The van der Waals surface area contributed by atoms with Crippen LogP contribution in [0.4, 0.5) is 4.39 Å². The summed E-state index contributed by atoms with van der Waals surface area (Å²) >= 11 is 0. The Balaban J connectivity index is 1.86. The Hall–Kier alpha value is -1.22. The maximum Gasteiger partial charge on any atom is 0.164 e. The highest BCUT2D eigenvalue weighted by molar-refractivity contribution is 5.96. The van der Waals surface area contributed by atoms with Crippen LogP contribution >= 0.6 is 0 Å². The Morgan fingerprint density at radius 1 is 1.38 bits per heavy atom. The second-order valence-electron chi connectivity index (χ2n) is 6.54. The van der Waals surface area contributed by atoms with Crippen LogP contribution in [0.3, 0.4) is 0 Å². The molecule has 1 aliphatic carbocycles. The molecule has 1 aromatic carbocycles. The van der Waals surface area contributed by atoms with Crippen LogP contribution in [0, 0.1) is 18.7 Å². The van der Waals surface area contributed by atoms with Gasteiger partial charge < -0.3 is 4.90 Å². The van der Waals surface area contributed by atoms with Crippen LogP contribution in [0.5, 0.6) is 0 Å². The van der Waals surface area contributed by atoms with Crippen molar-refractivity contribution in [1.82, 2.24) is 4.90 Å². The van der Waals surface area contributed by atoms with Gasteiger partial charge in [0, 0.05) is 24.6 Å². The maximum atomic E-state index is 13.5. The number of Topliss-reactive ketones (excluding diaryl/α,β-unsaturated/α-hetero) is 1. The van der Waals surface area contributed by atoms with Crippen molar-refractivity contribution in [2.75, 3.05) is 13.6 Å². The van der Waals surface area contributed by atoms with Gasteiger partial charge in [-0.2, -0.15) is 0 Å². The minimum absolute atomic E-state index is 0.0320.